The van der Waals surface area contributed by atoms with E-state index in [1.165, 1.54) is 7.11 Å². The zero-order valence-corrected chi connectivity index (χ0v) is 21.1. The molecule has 0 amide bonds. The molecule has 4 N–H and O–H groups in total. The van der Waals surface area contributed by atoms with Crippen LogP contribution in [-0.2, 0) is 0 Å². The van der Waals surface area contributed by atoms with Gasteiger partial charge in [0.15, 0.2) is 28.1 Å². The Hall–Kier alpha value is -3.55. The third kappa shape index (κ3) is 5.48. The molecule has 1 fully saturated rings. The molecular weight excluding hydrogens is 489 g/mol. The fourth-order valence-corrected chi connectivity index (χ4v) is 4.19. The van der Waals surface area contributed by atoms with E-state index in [4.69, 9.17) is 26.4 Å². The molecule has 13 heteroatoms. The van der Waals surface area contributed by atoms with Gasteiger partial charge in [-0.1, -0.05) is 0 Å². The predicted octanol–water partition coefficient (Wildman–Crippen LogP) is 3.27. The van der Waals surface area contributed by atoms with Crippen LogP contribution in [0.25, 0.3) is 11.2 Å². The third-order valence-electron chi connectivity index (χ3n) is 5.89. The van der Waals surface area contributed by atoms with Gasteiger partial charge in [0.25, 0.3) is 0 Å². The Labute approximate surface area is 212 Å². The Morgan fingerprint density at radius 2 is 1.81 bits per heavy atom. The maximum absolute atomic E-state index is 14.5. The number of piperidine rings is 1. The Morgan fingerprint density at radius 1 is 1.11 bits per heavy atom. The van der Waals surface area contributed by atoms with Crippen molar-refractivity contribution in [1.29, 1.82) is 0 Å². The van der Waals surface area contributed by atoms with Crippen molar-refractivity contribution in [2.75, 3.05) is 38.5 Å². The van der Waals surface area contributed by atoms with Crippen LogP contribution in [0.3, 0.4) is 0 Å². The van der Waals surface area contributed by atoms with Gasteiger partial charge in [0.05, 0.1) is 39.6 Å². The predicted molar refractivity (Wildman–Crippen MR) is 137 cm³/mol. The van der Waals surface area contributed by atoms with Crippen molar-refractivity contribution >= 4 is 45.8 Å². The molecule has 1 saturated heterocycles. The number of pyridine rings is 1. The smallest absolute Gasteiger partial charge is 0.203 e. The molecule has 0 saturated carbocycles. The molecule has 0 spiro atoms. The number of aromatic nitrogens is 3. The molecule has 11 nitrogen and oxygen atoms in total. The Morgan fingerprint density at radius 3 is 2.47 bits per heavy atom. The highest BCUT2D eigenvalue weighted by atomic mass is 32.1. The van der Waals surface area contributed by atoms with Crippen LogP contribution in [0.4, 0.5) is 21.7 Å². The molecule has 3 unspecified atom stereocenters. The van der Waals surface area contributed by atoms with Gasteiger partial charge in [-0.05, 0) is 37.7 Å². The van der Waals surface area contributed by atoms with Crippen molar-refractivity contribution in [2.45, 2.75) is 31.6 Å². The van der Waals surface area contributed by atoms with E-state index in [2.05, 4.69) is 30.9 Å². The maximum Gasteiger partial charge on any atom is 0.203 e. The molecule has 2 aromatic heterocycles. The van der Waals surface area contributed by atoms with Gasteiger partial charge in [0.1, 0.15) is 17.5 Å². The van der Waals surface area contributed by atoms with Gasteiger partial charge in [-0.3, -0.25) is 0 Å². The average Bonchev–Trinajstić information content (AvgIpc) is 2.88. The minimum Gasteiger partial charge on any atom is -0.493 e. The zero-order chi connectivity index (χ0) is 25.8. The van der Waals surface area contributed by atoms with Crippen molar-refractivity contribution < 1.29 is 23.8 Å². The molecule has 1 aromatic carbocycles. The standard InChI is InChI=1S/C23H28FN7O4S/c1-12-20(24)14(7-8-31(12)32)27-23(36)30-18-6-5-15-22(28-18)29-19(11-25-15)26-13-9-16(33-2)21(35-4)17(10-13)34-3/h5-6,9-12,14,20,32H,7-8H2,1-4H3,(H3,26,27,28,29,30,36). The summed E-state index contributed by atoms with van der Waals surface area (Å²) in [7, 11) is 4.62. The molecule has 3 aromatic rings. The zero-order valence-electron chi connectivity index (χ0n) is 20.3. The minimum atomic E-state index is -1.28. The van der Waals surface area contributed by atoms with Crippen LogP contribution in [0.2, 0.25) is 0 Å². The number of hydroxylamine groups is 2. The number of nitrogens with one attached hydrogen (secondary N) is 3. The number of rotatable bonds is 7. The van der Waals surface area contributed by atoms with E-state index in [-0.39, 0.29) is 5.11 Å². The summed E-state index contributed by atoms with van der Waals surface area (Å²) in [6.45, 7) is 1.98. The lowest BCUT2D eigenvalue weighted by Crippen LogP contribution is -2.56. The summed E-state index contributed by atoms with van der Waals surface area (Å²) >= 11 is 5.35. The van der Waals surface area contributed by atoms with E-state index in [0.29, 0.717) is 58.7 Å². The summed E-state index contributed by atoms with van der Waals surface area (Å²) in [5.41, 5.74) is 1.62. The maximum atomic E-state index is 14.5. The van der Waals surface area contributed by atoms with Crippen molar-refractivity contribution in [3.8, 4) is 17.2 Å². The van der Waals surface area contributed by atoms with E-state index in [1.54, 1.807) is 51.6 Å². The number of hydrogen-bond acceptors (Lipinski definition) is 10. The van der Waals surface area contributed by atoms with Crippen LogP contribution in [-0.4, -0.2) is 76.5 Å². The number of nitrogens with zero attached hydrogens (tertiary/aromatic N) is 4. The molecule has 192 valence electrons. The largest absolute Gasteiger partial charge is 0.493 e. The first-order valence-corrected chi connectivity index (χ1v) is 11.6. The van der Waals surface area contributed by atoms with Gasteiger partial charge in [-0.15, -0.1) is 0 Å². The lowest BCUT2D eigenvalue weighted by atomic mass is 9.98. The number of ether oxygens (including phenoxy) is 3. The SMILES string of the molecule is COc1cc(Nc2cnc3ccc(NC(=S)NC4CCN(O)C(C)C4F)nc3n2)cc(OC)c1OC. The molecule has 0 aliphatic carbocycles. The van der Waals surface area contributed by atoms with Crippen molar-refractivity contribution in [1.82, 2.24) is 25.3 Å². The molecule has 0 bridgehead atoms. The molecule has 3 heterocycles. The van der Waals surface area contributed by atoms with Crippen LogP contribution >= 0.6 is 12.2 Å². The molecule has 1 aliphatic rings. The van der Waals surface area contributed by atoms with E-state index >= 15 is 0 Å². The second-order valence-electron chi connectivity index (χ2n) is 8.18. The highest BCUT2D eigenvalue weighted by molar-refractivity contribution is 7.80. The molecule has 4 rings (SSSR count). The summed E-state index contributed by atoms with van der Waals surface area (Å²) in [5.74, 6) is 2.35. The monoisotopic (exact) mass is 517 g/mol. The first kappa shape index (κ1) is 25.5. The number of methoxy groups -OCH3 is 3. The fourth-order valence-electron chi connectivity index (χ4n) is 3.94. The number of alkyl halides is 1. The van der Waals surface area contributed by atoms with Crippen LogP contribution in [0.15, 0.2) is 30.5 Å². The van der Waals surface area contributed by atoms with Gasteiger partial charge >= 0.3 is 0 Å². The Balaban J connectivity index is 1.49. The Bertz CT molecular complexity index is 1230. The number of thiocarbonyl (C=S) groups is 1. The summed E-state index contributed by atoms with van der Waals surface area (Å²) in [6, 6.07) is 5.84. The molecule has 1 aliphatic heterocycles. The number of hydrogen-bond donors (Lipinski definition) is 4. The number of anilines is 3. The summed E-state index contributed by atoms with van der Waals surface area (Å²) in [4.78, 5) is 13.4. The summed E-state index contributed by atoms with van der Waals surface area (Å²) in [6.07, 6.45) is 0.724. The van der Waals surface area contributed by atoms with Crippen LogP contribution in [0.1, 0.15) is 13.3 Å². The highest BCUT2D eigenvalue weighted by Crippen LogP contribution is 2.40. The summed E-state index contributed by atoms with van der Waals surface area (Å²) in [5, 5.41) is 20.1. The molecule has 0 radical (unpaired) electrons. The van der Waals surface area contributed by atoms with Gasteiger partial charge < -0.3 is 35.4 Å². The van der Waals surface area contributed by atoms with Gasteiger partial charge in [0.2, 0.25) is 5.75 Å². The average molecular weight is 518 g/mol. The van der Waals surface area contributed by atoms with Crippen molar-refractivity contribution in [3.63, 3.8) is 0 Å². The van der Waals surface area contributed by atoms with Crippen LogP contribution < -0.4 is 30.2 Å². The molecular formula is C23H28FN7O4S. The lowest BCUT2D eigenvalue weighted by Gasteiger charge is -2.37. The van der Waals surface area contributed by atoms with Crippen molar-refractivity contribution in [2.24, 2.45) is 0 Å². The minimum absolute atomic E-state index is 0.229. The van der Waals surface area contributed by atoms with E-state index < -0.39 is 18.3 Å². The first-order valence-electron chi connectivity index (χ1n) is 11.2. The van der Waals surface area contributed by atoms with Crippen LogP contribution in [0, 0.1) is 0 Å². The molecule has 36 heavy (non-hydrogen) atoms. The van der Waals surface area contributed by atoms with Crippen LogP contribution in [0.5, 0.6) is 17.2 Å². The third-order valence-corrected chi connectivity index (χ3v) is 6.11. The van der Waals surface area contributed by atoms with Crippen molar-refractivity contribution in [3.05, 3.63) is 30.5 Å². The van der Waals surface area contributed by atoms with E-state index in [1.807, 2.05) is 0 Å². The second-order valence-corrected chi connectivity index (χ2v) is 8.58. The number of fused-ring (bicyclic) bond motifs is 1. The quantitative estimate of drug-likeness (QED) is 0.344. The van der Waals surface area contributed by atoms with E-state index in [0.717, 1.165) is 5.06 Å². The van der Waals surface area contributed by atoms with Gasteiger partial charge in [-0.2, -0.15) is 5.06 Å². The number of benzene rings is 1. The Kier molecular flexibility index (Phi) is 7.82. The lowest BCUT2D eigenvalue weighted by molar-refractivity contribution is -0.161. The van der Waals surface area contributed by atoms with E-state index in [9.17, 15) is 9.60 Å². The second kappa shape index (κ2) is 11.0. The highest BCUT2D eigenvalue weighted by Gasteiger charge is 2.35. The first-order chi connectivity index (χ1) is 17.3. The normalized spacial score (nSPS) is 20.0. The van der Waals surface area contributed by atoms with Gasteiger partial charge in [-0.25, -0.2) is 19.3 Å². The van der Waals surface area contributed by atoms with Gasteiger partial charge in [0, 0.05) is 24.4 Å². The number of halogens is 1. The summed E-state index contributed by atoms with van der Waals surface area (Å²) < 4.78 is 30.7. The topological polar surface area (TPSA) is 126 Å². The molecule has 3 atom stereocenters. The fraction of sp³-hybridized carbons (Fsp3) is 0.391.